The summed E-state index contributed by atoms with van der Waals surface area (Å²) in [6.07, 6.45) is 7.52. The van der Waals surface area contributed by atoms with E-state index in [2.05, 4.69) is 5.32 Å². The highest BCUT2D eigenvalue weighted by Crippen LogP contribution is 2.42. The molecule has 4 amide bonds. The number of amides is 4. The van der Waals surface area contributed by atoms with Crippen LogP contribution in [0.15, 0.2) is 0 Å². The van der Waals surface area contributed by atoms with Gasteiger partial charge >= 0.3 is 6.03 Å². The minimum atomic E-state index is -0.806. The highest BCUT2D eigenvalue weighted by molar-refractivity contribution is 6.09. The van der Waals surface area contributed by atoms with Crippen molar-refractivity contribution >= 4 is 17.8 Å². The fourth-order valence-electron chi connectivity index (χ4n) is 4.05. The first-order valence-corrected chi connectivity index (χ1v) is 8.91. The van der Waals surface area contributed by atoms with E-state index in [0.29, 0.717) is 6.54 Å². The molecule has 23 heavy (non-hydrogen) atoms. The van der Waals surface area contributed by atoms with Crippen molar-refractivity contribution in [1.29, 1.82) is 0 Å². The normalized spacial score (nSPS) is 28.9. The summed E-state index contributed by atoms with van der Waals surface area (Å²) in [6, 6.07) is -0.158. The molecular formula is C17H27N3O3. The van der Waals surface area contributed by atoms with E-state index < -0.39 is 11.6 Å². The highest BCUT2D eigenvalue weighted by Gasteiger charge is 2.56. The number of urea groups is 1. The Hall–Kier alpha value is -1.59. The summed E-state index contributed by atoms with van der Waals surface area (Å²) < 4.78 is 0. The summed E-state index contributed by atoms with van der Waals surface area (Å²) in [7, 11) is 0. The molecule has 1 saturated heterocycles. The number of hydrogen-bond acceptors (Lipinski definition) is 3. The zero-order valence-corrected chi connectivity index (χ0v) is 14.1. The number of carbonyl (C=O) groups excluding carboxylic acids is 3. The van der Waals surface area contributed by atoms with Gasteiger partial charge in [-0.15, -0.1) is 0 Å². The quantitative estimate of drug-likeness (QED) is 0.786. The van der Waals surface area contributed by atoms with Crippen molar-refractivity contribution in [3.63, 3.8) is 0 Å². The first kappa shape index (κ1) is 16.3. The Labute approximate surface area is 137 Å². The summed E-state index contributed by atoms with van der Waals surface area (Å²) in [5.41, 5.74) is -0.806. The number of nitrogens with zero attached hydrogens (tertiary/aromatic N) is 2. The van der Waals surface area contributed by atoms with Crippen molar-refractivity contribution in [2.24, 2.45) is 5.92 Å². The monoisotopic (exact) mass is 321 g/mol. The van der Waals surface area contributed by atoms with Crippen LogP contribution in [0.5, 0.6) is 0 Å². The predicted octanol–water partition coefficient (Wildman–Crippen LogP) is 1.89. The van der Waals surface area contributed by atoms with Gasteiger partial charge in [0.1, 0.15) is 12.1 Å². The third-order valence-corrected chi connectivity index (χ3v) is 5.66. The van der Waals surface area contributed by atoms with E-state index >= 15 is 0 Å². The van der Waals surface area contributed by atoms with Crippen LogP contribution < -0.4 is 5.32 Å². The highest BCUT2D eigenvalue weighted by atomic mass is 16.2. The molecular weight excluding hydrogens is 294 g/mol. The molecule has 6 heteroatoms. The van der Waals surface area contributed by atoms with E-state index in [-0.39, 0.29) is 30.3 Å². The number of nitrogens with one attached hydrogen (secondary N) is 1. The molecule has 3 aliphatic rings. The standard InChI is InChI=1S/C17H27N3O3/c1-3-19(13-7-5-4-6-8-13)14(21)11-20-15(22)17(2,12-9-10-12)18-16(20)23/h12-13H,3-11H2,1-2H3,(H,18,23). The zero-order valence-electron chi connectivity index (χ0n) is 14.1. The Morgan fingerprint density at radius 3 is 2.43 bits per heavy atom. The van der Waals surface area contributed by atoms with Crippen molar-refractivity contribution in [3.8, 4) is 0 Å². The smallest absolute Gasteiger partial charge is 0.325 e. The third-order valence-electron chi connectivity index (χ3n) is 5.66. The Bertz CT molecular complexity index is 511. The van der Waals surface area contributed by atoms with Gasteiger partial charge < -0.3 is 10.2 Å². The van der Waals surface area contributed by atoms with Crippen LogP contribution in [0, 0.1) is 5.92 Å². The molecule has 0 bridgehead atoms. The lowest BCUT2D eigenvalue weighted by Gasteiger charge is -2.34. The lowest BCUT2D eigenvalue weighted by molar-refractivity contribution is -0.140. The first-order chi connectivity index (χ1) is 11.0. The predicted molar refractivity (Wildman–Crippen MR) is 85.6 cm³/mol. The van der Waals surface area contributed by atoms with Crippen LogP contribution in [-0.4, -0.2) is 52.3 Å². The van der Waals surface area contributed by atoms with Gasteiger partial charge in [-0.3, -0.25) is 14.5 Å². The average Bonchev–Trinajstić information content (AvgIpc) is 3.35. The van der Waals surface area contributed by atoms with Crippen LogP contribution in [0.4, 0.5) is 4.79 Å². The van der Waals surface area contributed by atoms with Crippen LogP contribution in [0.3, 0.4) is 0 Å². The maximum atomic E-state index is 12.7. The molecule has 6 nitrogen and oxygen atoms in total. The molecule has 3 rings (SSSR count). The molecule has 1 aliphatic heterocycles. The van der Waals surface area contributed by atoms with Crippen molar-refractivity contribution in [2.45, 2.75) is 70.4 Å². The maximum Gasteiger partial charge on any atom is 0.325 e. The maximum absolute atomic E-state index is 12.7. The Balaban J connectivity index is 1.66. The van der Waals surface area contributed by atoms with Crippen molar-refractivity contribution in [2.75, 3.05) is 13.1 Å². The van der Waals surface area contributed by atoms with Gasteiger partial charge in [0, 0.05) is 12.6 Å². The summed E-state index contributed by atoms with van der Waals surface area (Å²) in [5, 5.41) is 2.80. The van der Waals surface area contributed by atoms with Crippen LogP contribution in [0.2, 0.25) is 0 Å². The fraction of sp³-hybridized carbons (Fsp3) is 0.824. The lowest BCUT2D eigenvalue weighted by atomic mass is 9.94. The Kier molecular flexibility index (Phi) is 4.34. The van der Waals surface area contributed by atoms with Gasteiger partial charge in [-0.05, 0) is 45.4 Å². The molecule has 2 saturated carbocycles. The minimum Gasteiger partial charge on any atom is -0.338 e. The molecule has 0 aromatic heterocycles. The van der Waals surface area contributed by atoms with E-state index in [9.17, 15) is 14.4 Å². The summed E-state index contributed by atoms with van der Waals surface area (Å²) in [4.78, 5) is 40.4. The van der Waals surface area contributed by atoms with Crippen LogP contribution >= 0.6 is 0 Å². The van der Waals surface area contributed by atoms with Crippen LogP contribution in [0.1, 0.15) is 58.8 Å². The molecule has 0 spiro atoms. The summed E-state index contributed by atoms with van der Waals surface area (Å²) >= 11 is 0. The molecule has 1 heterocycles. The van der Waals surface area contributed by atoms with Crippen molar-refractivity contribution in [1.82, 2.24) is 15.1 Å². The van der Waals surface area contributed by atoms with Crippen molar-refractivity contribution in [3.05, 3.63) is 0 Å². The van der Waals surface area contributed by atoms with Crippen LogP contribution in [0.25, 0.3) is 0 Å². The molecule has 1 atom stereocenters. The third kappa shape index (κ3) is 2.95. The van der Waals surface area contributed by atoms with Gasteiger partial charge in [0.25, 0.3) is 5.91 Å². The molecule has 0 radical (unpaired) electrons. The van der Waals surface area contributed by atoms with E-state index in [1.165, 1.54) is 6.42 Å². The van der Waals surface area contributed by atoms with Gasteiger partial charge in [0.15, 0.2) is 0 Å². The molecule has 1 unspecified atom stereocenters. The van der Waals surface area contributed by atoms with Gasteiger partial charge in [-0.25, -0.2) is 4.79 Å². The number of likely N-dealkylation sites (N-methyl/N-ethyl adjacent to an activating group) is 1. The van der Waals surface area contributed by atoms with Crippen molar-refractivity contribution < 1.29 is 14.4 Å². The number of imide groups is 1. The molecule has 0 aromatic rings. The van der Waals surface area contributed by atoms with Gasteiger partial charge in [0.05, 0.1) is 0 Å². The second-order valence-corrected chi connectivity index (χ2v) is 7.27. The van der Waals surface area contributed by atoms with Gasteiger partial charge in [-0.2, -0.15) is 0 Å². The molecule has 3 fully saturated rings. The van der Waals surface area contributed by atoms with E-state index in [0.717, 1.165) is 43.4 Å². The average molecular weight is 321 g/mol. The SMILES string of the molecule is CCN(C(=O)CN1C(=O)NC(C)(C2CC2)C1=O)C1CCCCC1. The number of carbonyl (C=O) groups is 3. The second kappa shape index (κ2) is 6.13. The van der Waals surface area contributed by atoms with Gasteiger partial charge in [0.2, 0.25) is 5.91 Å². The molecule has 1 N–H and O–H groups in total. The number of rotatable bonds is 5. The van der Waals surface area contributed by atoms with E-state index in [1.54, 1.807) is 6.92 Å². The molecule has 128 valence electrons. The topological polar surface area (TPSA) is 69.7 Å². The first-order valence-electron chi connectivity index (χ1n) is 8.91. The van der Waals surface area contributed by atoms with E-state index in [4.69, 9.17) is 0 Å². The Morgan fingerprint density at radius 2 is 1.87 bits per heavy atom. The van der Waals surface area contributed by atoms with E-state index in [1.807, 2.05) is 11.8 Å². The fourth-order valence-corrected chi connectivity index (χ4v) is 4.05. The largest absolute Gasteiger partial charge is 0.338 e. The molecule has 2 aliphatic carbocycles. The van der Waals surface area contributed by atoms with Gasteiger partial charge in [-0.1, -0.05) is 19.3 Å². The second-order valence-electron chi connectivity index (χ2n) is 7.27. The molecule has 0 aromatic carbocycles. The minimum absolute atomic E-state index is 0.108. The number of hydrogen-bond donors (Lipinski definition) is 1. The summed E-state index contributed by atoms with van der Waals surface area (Å²) in [6.45, 7) is 4.26. The summed E-state index contributed by atoms with van der Waals surface area (Å²) in [5.74, 6) is -0.124. The van der Waals surface area contributed by atoms with Crippen LogP contribution in [-0.2, 0) is 9.59 Å². The lowest BCUT2D eigenvalue weighted by Crippen LogP contribution is -2.49. The zero-order chi connectivity index (χ0) is 16.6. The Morgan fingerprint density at radius 1 is 1.22 bits per heavy atom.